The fourth-order valence-corrected chi connectivity index (χ4v) is 3.27. The van der Waals surface area contributed by atoms with E-state index in [0.29, 0.717) is 22.0 Å². The molecule has 9 heteroatoms. The molecule has 3 rings (SSSR count). The summed E-state index contributed by atoms with van der Waals surface area (Å²) in [5.74, 6) is 12.1. The molecule has 8 nitrogen and oxygen atoms in total. The summed E-state index contributed by atoms with van der Waals surface area (Å²) in [4.78, 5) is 12.1. The molecule has 0 aliphatic carbocycles. The van der Waals surface area contributed by atoms with Gasteiger partial charge < -0.3 is 4.74 Å². The molecular formula is C21H25ClN6O2. The molecule has 0 fully saturated rings. The van der Waals surface area contributed by atoms with Crippen LogP contribution in [0.5, 0.6) is 5.75 Å². The second-order valence-electron chi connectivity index (χ2n) is 7.00. The first-order valence-electron chi connectivity index (χ1n) is 9.28. The number of carbonyl (C=O) groups excluding carboxylic acids is 1. The van der Waals surface area contributed by atoms with Crippen molar-refractivity contribution in [2.45, 2.75) is 20.5 Å². The highest BCUT2D eigenvalue weighted by Crippen LogP contribution is 2.30. The van der Waals surface area contributed by atoms with Crippen LogP contribution < -0.4 is 21.4 Å². The number of urea groups is 1. The van der Waals surface area contributed by atoms with E-state index in [0.717, 1.165) is 32.5 Å². The lowest BCUT2D eigenvalue weighted by atomic mass is 10.1. The minimum absolute atomic E-state index is 0.130. The number of amides is 2. The number of rotatable bonds is 5. The van der Waals surface area contributed by atoms with E-state index in [2.05, 4.69) is 12.0 Å². The molecule has 0 radical (unpaired) electrons. The van der Waals surface area contributed by atoms with Gasteiger partial charge in [-0.3, -0.25) is 9.69 Å². The summed E-state index contributed by atoms with van der Waals surface area (Å²) in [6, 6.07) is 12.2. The van der Waals surface area contributed by atoms with E-state index in [1.54, 1.807) is 18.2 Å². The molecule has 30 heavy (non-hydrogen) atoms. The molecule has 0 bridgehead atoms. The second-order valence-corrected chi connectivity index (χ2v) is 7.40. The molecule has 0 spiro atoms. The third kappa shape index (κ3) is 4.25. The Morgan fingerprint density at radius 1 is 1.17 bits per heavy atom. The van der Waals surface area contributed by atoms with E-state index in [9.17, 15) is 4.79 Å². The summed E-state index contributed by atoms with van der Waals surface area (Å²) in [6.45, 7) is 4.23. The van der Waals surface area contributed by atoms with Gasteiger partial charge in [0.2, 0.25) is 0 Å². The Morgan fingerprint density at radius 2 is 1.83 bits per heavy atom. The lowest BCUT2D eigenvalue weighted by Gasteiger charge is -2.23. The quantitative estimate of drug-likeness (QED) is 0.367. The first-order valence-corrected chi connectivity index (χ1v) is 9.66. The summed E-state index contributed by atoms with van der Waals surface area (Å²) in [7, 11) is 3.34. The zero-order valence-corrected chi connectivity index (χ0v) is 18.1. The number of aryl methyl sites for hydroxylation is 1. The van der Waals surface area contributed by atoms with Gasteiger partial charge in [0, 0.05) is 35.9 Å². The van der Waals surface area contributed by atoms with Crippen LogP contribution in [0.2, 0.25) is 5.02 Å². The molecule has 0 saturated carbocycles. The van der Waals surface area contributed by atoms with Gasteiger partial charge in [-0.2, -0.15) is 5.10 Å². The molecule has 1 heterocycles. The fraction of sp³-hybridized carbons (Fsp3) is 0.238. The van der Waals surface area contributed by atoms with Crippen molar-refractivity contribution in [2.24, 2.45) is 18.7 Å². The number of aromatic nitrogens is 2. The largest absolute Gasteiger partial charge is 0.489 e. The predicted octanol–water partition coefficient (Wildman–Crippen LogP) is 3.54. The molecule has 4 N–H and O–H groups in total. The van der Waals surface area contributed by atoms with Crippen LogP contribution in [-0.4, -0.2) is 27.9 Å². The SMILES string of the molecule is Cc1c(-c2ccc(OCc3c(Cl)cccc3N(N)C(=O)N(C)N)cc2)nn(C)c1C. The highest BCUT2D eigenvalue weighted by molar-refractivity contribution is 6.31. The van der Waals surface area contributed by atoms with Crippen molar-refractivity contribution in [1.82, 2.24) is 14.8 Å². The molecule has 2 amide bonds. The first-order chi connectivity index (χ1) is 14.2. The summed E-state index contributed by atoms with van der Waals surface area (Å²) in [5, 5.41) is 6.84. The lowest BCUT2D eigenvalue weighted by molar-refractivity contribution is 0.216. The maximum absolute atomic E-state index is 12.1. The van der Waals surface area contributed by atoms with Crippen molar-refractivity contribution >= 4 is 23.3 Å². The Morgan fingerprint density at radius 3 is 2.40 bits per heavy atom. The molecule has 158 valence electrons. The highest BCUT2D eigenvalue weighted by Gasteiger charge is 2.19. The van der Waals surface area contributed by atoms with Crippen molar-refractivity contribution in [1.29, 1.82) is 0 Å². The highest BCUT2D eigenvalue weighted by atomic mass is 35.5. The number of nitrogens with zero attached hydrogens (tertiary/aromatic N) is 4. The predicted molar refractivity (Wildman–Crippen MR) is 118 cm³/mol. The summed E-state index contributed by atoms with van der Waals surface area (Å²) in [6.07, 6.45) is 0. The van der Waals surface area contributed by atoms with Crippen LogP contribution in [0.15, 0.2) is 42.5 Å². The van der Waals surface area contributed by atoms with E-state index in [4.69, 9.17) is 28.0 Å². The van der Waals surface area contributed by atoms with Crippen LogP contribution in [0.25, 0.3) is 11.3 Å². The van der Waals surface area contributed by atoms with Crippen LogP contribution >= 0.6 is 11.6 Å². The third-order valence-corrected chi connectivity index (χ3v) is 5.36. The molecule has 0 aliphatic rings. The monoisotopic (exact) mass is 428 g/mol. The van der Waals surface area contributed by atoms with Crippen LogP contribution in [0.4, 0.5) is 10.5 Å². The third-order valence-electron chi connectivity index (χ3n) is 5.01. The van der Waals surface area contributed by atoms with Gasteiger partial charge in [-0.05, 0) is 55.8 Å². The van der Waals surface area contributed by atoms with Crippen LogP contribution in [0.3, 0.4) is 0 Å². The van der Waals surface area contributed by atoms with Crippen LogP contribution in [0.1, 0.15) is 16.8 Å². The van der Waals surface area contributed by atoms with E-state index < -0.39 is 6.03 Å². The van der Waals surface area contributed by atoms with Gasteiger partial charge in [-0.1, -0.05) is 17.7 Å². The number of benzene rings is 2. The fourth-order valence-electron chi connectivity index (χ4n) is 3.04. The number of nitrogens with two attached hydrogens (primary N) is 2. The number of hydrogen-bond donors (Lipinski definition) is 2. The average molecular weight is 429 g/mol. The maximum Gasteiger partial charge on any atom is 0.352 e. The van der Waals surface area contributed by atoms with Gasteiger partial charge in [0.15, 0.2) is 0 Å². The molecule has 0 saturated heterocycles. The zero-order valence-electron chi connectivity index (χ0n) is 17.4. The van der Waals surface area contributed by atoms with E-state index in [-0.39, 0.29) is 6.61 Å². The number of halogens is 1. The molecular weight excluding hydrogens is 404 g/mol. The minimum Gasteiger partial charge on any atom is -0.489 e. The van der Waals surface area contributed by atoms with E-state index in [1.165, 1.54) is 7.05 Å². The van der Waals surface area contributed by atoms with Crippen molar-refractivity contribution in [3.63, 3.8) is 0 Å². The number of ether oxygens (including phenoxy) is 1. The van der Waals surface area contributed by atoms with Gasteiger partial charge in [0.1, 0.15) is 12.4 Å². The average Bonchev–Trinajstić information content (AvgIpc) is 2.99. The second kappa shape index (κ2) is 8.74. The van der Waals surface area contributed by atoms with Gasteiger partial charge in [-0.15, -0.1) is 0 Å². The molecule has 2 aromatic carbocycles. The molecule has 3 aromatic rings. The maximum atomic E-state index is 12.1. The summed E-state index contributed by atoms with van der Waals surface area (Å²) in [5.41, 5.74) is 5.22. The summed E-state index contributed by atoms with van der Waals surface area (Å²) < 4.78 is 7.77. The zero-order chi connectivity index (χ0) is 22.0. The topological polar surface area (TPSA) is 103 Å². The van der Waals surface area contributed by atoms with Gasteiger partial charge in [0.25, 0.3) is 0 Å². The lowest BCUT2D eigenvalue weighted by Crippen LogP contribution is -2.49. The van der Waals surface area contributed by atoms with Crippen molar-refractivity contribution in [3.05, 3.63) is 64.3 Å². The Labute approximate surface area is 180 Å². The number of hydrogen-bond acceptors (Lipinski definition) is 5. The first kappa shape index (κ1) is 21.6. The minimum atomic E-state index is -0.580. The number of hydrazine groups is 2. The van der Waals surface area contributed by atoms with E-state index >= 15 is 0 Å². The number of anilines is 1. The van der Waals surface area contributed by atoms with Crippen LogP contribution in [-0.2, 0) is 13.7 Å². The smallest absolute Gasteiger partial charge is 0.352 e. The standard InChI is InChI=1S/C21H25ClN6O2/c1-13-14(2)27(4)25-20(13)15-8-10-16(11-9-15)30-12-17-18(22)6-5-7-19(17)28(24)21(29)26(3)23/h5-11H,12,23-24H2,1-4H3. The summed E-state index contributed by atoms with van der Waals surface area (Å²) >= 11 is 6.33. The Hall–Kier alpha value is -3.07. The van der Waals surface area contributed by atoms with Gasteiger partial charge in [0.05, 0.1) is 11.4 Å². The van der Waals surface area contributed by atoms with Crippen molar-refractivity contribution in [2.75, 3.05) is 12.1 Å². The Balaban J connectivity index is 1.79. The normalized spacial score (nSPS) is 10.8. The Bertz CT molecular complexity index is 1060. The number of carbonyl (C=O) groups is 1. The molecule has 0 unspecified atom stereocenters. The Kier molecular flexibility index (Phi) is 6.31. The van der Waals surface area contributed by atoms with Gasteiger partial charge >= 0.3 is 6.03 Å². The molecule has 1 aromatic heterocycles. The van der Waals surface area contributed by atoms with Gasteiger partial charge in [-0.25, -0.2) is 21.5 Å². The van der Waals surface area contributed by atoms with E-state index in [1.807, 2.05) is 42.9 Å². The van der Waals surface area contributed by atoms with Crippen molar-refractivity contribution in [3.8, 4) is 17.0 Å². The molecule has 0 atom stereocenters. The van der Waals surface area contributed by atoms with Crippen molar-refractivity contribution < 1.29 is 9.53 Å². The van der Waals surface area contributed by atoms with Crippen LogP contribution in [0, 0.1) is 13.8 Å². The molecule has 0 aliphatic heterocycles.